The first-order chi connectivity index (χ1) is 18.7. The molecule has 0 saturated heterocycles. The van der Waals surface area contributed by atoms with Gasteiger partial charge in [-0.05, 0) is 73.6 Å². The van der Waals surface area contributed by atoms with Crippen LogP contribution in [0.25, 0.3) is 0 Å². The first-order valence-corrected chi connectivity index (χ1v) is 13.0. The molecule has 2 aliphatic rings. The van der Waals surface area contributed by atoms with E-state index in [1.54, 1.807) is 18.2 Å². The largest absolute Gasteiger partial charge is 0.416 e. The maximum Gasteiger partial charge on any atom is 0.416 e. The summed E-state index contributed by atoms with van der Waals surface area (Å²) in [5, 5.41) is 2.27. The molecule has 4 rings (SSSR count). The molecule has 1 fully saturated rings. The first-order valence-electron chi connectivity index (χ1n) is 13.0. The van der Waals surface area contributed by atoms with Crippen LogP contribution in [0.4, 0.5) is 30.7 Å². The summed E-state index contributed by atoms with van der Waals surface area (Å²) in [7, 11) is 2.02. The van der Waals surface area contributed by atoms with Crippen molar-refractivity contribution in [3.05, 3.63) is 87.2 Å². The van der Waals surface area contributed by atoms with E-state index in [4.69, 9.17) is 0 Å². The Morgan fingerprint density at radius 2 is 1.43 bits per heavy atom. The van der Waals surface area contributed by atoms with Crippen LogP contribution in [0, 0.1) is 10.7 Å². The number of halogens is 7. The van der Waals surface area contributed by atoms with E-state index in [1.807, 2.05) is 19.2 Å². The Morgan fingerprint density at radius 1 is 0.875 bits per heavy atom. The molecule has 0 N–H and O–H groups in total. The second-order valence-corrected chi connectivity index (χ2v) is 9.70. The van der Waals surface area contributed by atoms with Gasteiger partial charge in [-0.1, -0.05) is 36.6 Å². The predicted molar refractivity (Wildman–Crippen MR) is 139 cm³/mol. The molecule has 2 aliphatic carbocycles. The van der Waals surface area contributed by atoms with E-state index in [0.717, 1.165) is 13.0 Å². The van der Waals surface area contributed by atoms with Crippen LogP contribution in [-0.2, 0) is 23.7 Å². The Kier molecular flexibility index (Phi) is 12.3. The van der Waals surface area contributed by atoms with Crippen LogP contribution in [0.3, 0.4) is 0 Å². The van der Waals surface area contributed by atoms with Gasteiger partial charge in [0.05, 0.1) is 11.1 Å². The zero-order valence-corrected chi connectivity index (χ0v) is 22.4. The molecular formula is C29H33F7N2O2. The first kappa shape index (κ1) is 33.0. The van der Waals surface area contributed by atoms with Crippen LogP contribution in [0.15, 0.2) is 59.4 Å². The molecule has 0 radical (unpaired) electrons. The molecule has 220 valence electrons. The molecule has 0 amide bonds. The van der Waals surface area contributed by atoms with Crippen molar-refractivity contribution in [2.24, 2.45) is 5.18 Å². The number of hydrogen-bond donors (Lipinski definition) is 0. The third kappa shape index (κ3) is 10.7. The minimum atomic E-state index is -4.90. The number of rotatable bonds is 5. The number of hydrogen-bond acceptors (Lipinski definition) is 4. The summed E-state index contributed by atoms with van der Waals surface area (Å²) in [6.45, 7) is 2.33. The second kappa shape index (κ2) is 14.9. The topological polar surface area (TPSA) is 49.7 Å². The van der Waals surface area contributed by atoms with Crippen molar-refractivity contribution in [1.82, 2.24) is 4.90 Å². The van der Waals surface area contributed by atoms with Crippen molar-refractivity contribution in [3.63, 3.8) is 0 Å². The fourth-order valence-electron chi connectivity index (χ4n) is 4.44. The Morgan fingerprint density at radius 3 is 1.85 bits per heavy atom. The van der Waals surface area contributed by atoms with E-state index in [9.17, 15) is 40.4 Å². The van der Waals surface area contributed by atoms with E-state index < -0.39 is 35.6 Å². The van der Waals surface area contributed by atoms with Gasteiger partial charge in [0, 0.05) is 31.8 Å². The van der Waals surface area contributed by atoms with Gasteiger partial charge >= 0.3 is 12.4 Å². The van der Waals surface area contributed by atoms with Gasteiger partial charge in [0.25, 0.3) is 0 Å². The maximum atomic E-state index is 12.7. The molecule has 0 heterocycles. The van der Waals surface area contributed by atoms with Gasteiger partial charge in [0.15, 0.2) is 5.78 Å². The van der Waals surface area contributed by atoms with E-state index in [2.05, 4.69) is 17.0 Å². The van der Waals surface area contributed by atoms with Gasteiger partial charge in [-0.25, -0.2) is 4.39 Å². The van der Waals surface area contributed by atoms with E-state index in [1.165, 1.54) is 43.4 Å². The standard InChI is InChI=1S/C12H15F.C9H5F6NO.C8H13NO/c13-12-8-6-11(7-9-12)10-4-2-1-3-5-10;10-8(11,12)6-1-5(4-16-17)2-7(3-6)9(13,14)15;1-3-9(2)7-4-5-8(10)6-7/h6-10H,1-5H2;1-3H,4H2;6H,3-5H2,1-2H3. The Labute approximate surface area is 229 Å². The lowest BCUT2D eigenvalue weighted by Crippen LogP contribution is -2.15. The molecule has 0 unspecified atom stereocenters. The summed E-state index contributed by atoms with van der Waals surface area (Å²) in [5.41, 5.74) is -0.826. The van der Waals surface area contributed by atoms with Crippen molar-refractivity contribution in [3.8, 4) is 0 Å². The molecule has 2 aromatic carbocycles. The smallest absolute Gasteiger partial charge is 0.378 e. The highest BCUT2D eigenvalue weighted by molar-refractivity contribution is 5.92. The lowest BCUT2D eigenvalue weighted by atomic mass is 9.84. The number of nitroso groups, excluding NO2 is 1. The average Bonchev–Trinajstić information content (AvgIpc) is 3.35. The minimum absolute atomic E-state index is 0.00565. The molecule has 4 nitrogen and oxygen atoms in total. The van der Waals surface area contributed by atoms with Crippen molar-refractivity contribution in [2.45, 2.75) is 76.7 Å². The number of benzene rings is 2. The zero-order chi connectivity index (χ0) is 29.9. The van der Waals surface area contributed by atoms with Gasteiger partial charge in [-0.2, -0.15) is 31.2 Å². The van der Waals surface area contributed by atoms with Crippen LogP contribution in [-0.4, -0.2) is 24.3 Å². The number of alkyl halides is 6. The monoisotopic (exact) mass is 574 g/mol. The third-order valence-corrected chi connectivity index (χ3v) is 6.76. The Balaban J connectivity index is 0.000000217. The molecule has 1 saturated carbocycles. The van der Waals surface area contributed by atoms with Crippen molar-refractivity contribution in [1.29, 1.82) is 0 Å². The SMILES string of the molecule is CCN(C)C1=CC(=O)CC1.Fc1ccc(C2CCCCC2)cc1.O=NCc1cc(C(F)(F)F)cc(C(F)(F)F)c1. The van der Waals surface area contributed by atoms with Crippen LogP contribution < -0.4 is 0 Å². The number of carbonyl (C=O) groups excluding carboxylic acids is 1. The summed E-state index contributed by atoms with van der Waals surface area (Å²) in [6, 6.07) is 7.95. The molecular weight excluding hydrogens is 541 g/mol. The fourth-order valence-corrected chi connectivity index (χ4v) is 4.44. The van der Waals surface area contributed by atoms with Gasteiger partial charge in [0.2, 0.25) is 0 Å². The molecule has 0 aliphatic heterocycles. The van der Waals surface area contributed by atoms with Crippen molar-refractivity contribution < 1.29 is 35.5 Å². The molecule has 0 bridgehead atoms. The van der Waals surface area contributed by atoms with Gasteiger partial charge in [0.1, 0.15) is 12.4 Å². The summed E-state index contributed by atoms with van der Waals surface area (Å²) >= 11 is 0. The highest BCUT2D eigenvalue weighted by Crippen LogP contribution is 2.36. The number of ketones is 1. The quantitative estimate of drug-likeness (QED) is 0.264. The maximum absolute atomic E-state index is 12.7. The Bertz CT molecular complexity index is 1100. The summed E-state index contributed by atoms with van der Waals surface area (Å²) in [4.78, 5) is 22.8. The van der Waals surface area contributed by atoms with Crippen molar-refractivity contribution in [2.75, 3.05) is 13.6 Å². The predicted octanol–water partition coefficient (Wildman–Crippen LogP) is 9.05. The lowest BCUT2D eigenvalue weighted by molar-refractivity contribution is -0.143. The molecule has 0 atom stereocenters. The van der Waals surface area contributed by atoms with Gasteiger partial charge in [-0.15, -0.1) is 0 Å². The van der Waals surface area contributed by atoms with Gasteiger partial charge < -0.3 is 4.90 Å². The molecule has 11 heteroatoms. The highest BCUT2D eigenvalue weighted by atomic mass is 19.4. The average molecular weight is 575 g/mol. The zero-order valence-electron chi connectivity index (χ0n) is 22.4. The van der Waals surface area contributed by atoms with E-state index >= 15 is 0 Å². The molecule has 2 aromatic rings. The third-order valence-electron chi connectivity index (χ3n) is 6.76. The number of nitrogens with zero attached hydrogens (tertiary/aromatic N) is 2. The fraction of sp³-hybridized carbons (Fsp3) is 0.483. The Hall–Kier alpha value is -3.24. The van der Waals surface area contributed by atoms with E-state index in [0.29, 0.717) is 24.5 Å². The summed E-state index contributed by atoms with van der Waals surface area (Å²) < 4.78 is 86.5. The number of carbonyl (C=O) groups is 1. The number of allylic oxidation sites excluding steroid dienone is 2. The second-order valence-electron chi connectivity index (χ2n) is 9.70. The van der Waals surface area contributed by atoms with Crippen LogP contribution >= 0.6 is 0 Å². The van der Waals surface area contributed by atoms with E-state index in [-0.39, 0.29) is 17.7 Å². The molecule has 0 spiro atoms. The van der Waals surface area contributed by atoms with Crippen LogP contribution in [0.2, 0.25) is 0 Å². The van der Waals surface area contributed by atoms with Crippen LogP contribution in [0.1, 0.15) is 80.0 Å². The minimum Gasteiger partial charge on any atom is -0.378 e. The summed E-state index contributed by atoms with van der Waals surface area (Å²) in [6.07, 6.45) is 0.198. The normalized spacial score (nSPS) is 15.8. The van der Waals surface area contributed by atoms with Gasteiger partial charge in [-0.3, -0.25) is 4.79 Å². The summed E-state index contributed by atoms with van der Waals surface area (Å²) in [5.74, 6) is 0.837. The van der Waals surface area contributed by atoms with Crippen molar-refractivity contribution >= 4 is 5.78 Å². The molecule has 0 aromatic heterocycles. The lowest BCUT2D eigenvalue weighted by Gasteiger charge is -2.21. The highest BCUT2D eigenvalue weighted by Gasteiger charge is 2.36. The van der Waals surface area contributed by atoms with Crippen LogP contribution in [0.5, 0.6) is 0 Å². The molecule has 40 heavy (non-hydrogen) atoms.